The number of carboxylic acid groups (broad SMARTS) is 2. The Balaban J connectivity index is 0.818. The molecule has 14 heteroatoms. The van der Waals surface area contributed by atoms with Crippen molar-refractivity contribution < 1.29 is 29.4 Å². The fourth-order valence-corrected chi connectivity index (χ4v) is 9.44. The van der Waals surface area contributed by atoms with Crippen LogP contribution in [0.15, 0.2) is 122 Å². The van der Waals surface area contributed by atoms with Crippen LogP contribution in [0, 0.1) is 11.8 Å². The van der Waals surface area contributed by atoms with Crippen LogP contribution in [0.2, 0.25) is 0 Å². The molecule has 4 aliphatic rings. The first-order valence-electron chi connectivity index (χ1n) is 20.2. The first kappa shape index (κ1) is 37.1. The first-order valence-corrected chi connectivity index (χ1v) is 20.2. The van der Waals surface area contributed by atoms with Crippen LogP contribution in [0.4, 0.5) is 9.59 Å². The summed E-state index contributed by atoms with van der Waals surface area (Å²) >= 11 is 0. The molecule has 10 rings (SSSR count). The summed E-state index contributed by atoms with van der Waals surface area (Å²) in [5.41, 5.74) is 6.80. The minimum atomic E-state index is -1.25. The summed E-state index contributed by atoms with van der Waals surface area (Å²) in [6, 6.07) is 31.8. The number of nitrogens with one attached hydrogen (secondary N) is 4. The smallest absolute Gasteiger partial charge is 0.405 e. The van der Waals surface area contributed by atoms with Crippen molar-refractivity contribution in [3.8, 4) is 33.6 Å². The fourth-order valence-electron chi connectivity index (χ4n) is 9.44. The van der Waals surface area contributed by atoms with Gasteiger partial charge in [-0.2, -0.15) is 0 Å². The molecule has 6 aromatic rings. The van der Waals surface area contributed by atoms with Gasteiger partial charge >= 0.3 is 12.2 Å². The molecule has 4 heterocycles. The van der Waals surface area contributed by atoms with Crippen molar-refractivity contribution in [2.24, 2.45) is 11.8 Å². The molecule has 2 aromatic heterocycles. The molecule has 6 N–H and O–H groups in total. The highest BCUT2D eigenvalue weighted by atomic mass is 16.4. The summed E-state index contributed by atoms with van der Waals surface area (Å²) in [4.78, 5) is 71.4. The quantitative estimate of drug-likeness (QED) is 0.0776. The molecule has 2 aliphatic carbocycles. The van der Waals surface area contributed by atoms with Crippen molar-refractivity contribution in [1.82, 2.24) is 40.4 Å². The third kappa shape index (κ3) is 6.93. The van der Waals surface area contributed by atoms with Gasteiger partial charge in [0.15, 0.2) is 0 Å². The van der Waals surface area contributed by atoms with Crippen LogP contribution in [0.25, 0.3) is 33.6 Å². The summed E-state index contributed by atoms with van der Waals surface area (Å²) in [5.74, 6) is 1.57. The Labute approximate surface area is 344 Å². The van der Waals surface area contributed by atoms with Gasteiger partial charge in [-0.3, -0.25) is 9.59 Å². The standard InChI is InChI=1S/C46H42N8O6/c55-43(39(51-45(57)58)29-7-3-1-4-8-29)53-35-19-31(35)21-37(53)41-47-23-33(49-41)27-15-11-25(12-16-27)26-13-17-28(18-14-26)34-24-48-42(50-34)38-22-32-20-36(32)54(38)44(56)40(52-46(59)60)30-9-5-2-6-10-30/h1-18,23-24,31-32,35-40,51-52H,19-22H2,(H,47,49)(H,48,50)(H,57,58)(H,59,60)/t31-,32-,35?,36?,37+,38+,39-,40-/m1/s1. The second-order valence-corrected chi connectivity index (χ2v) is 16.2. The van der Waals surface area contributed by atoms with E-state index in [4.69, 9.17) is 9.97 Å². The summed E-state index contributed by atoms with van der Waals surface area (Å²) in [6.45, 7) is 0. The van der Waals surface area contributed by atoms with Gasteiger partial charge in [0.1, 0.15) is 23.7 Å². The van der Waals surface area contributed by atoms with Gasteiger partial charge in [-0.15, -0.1) is 0 Å². The minimum absolute atomic E-state index is 0.0700. The van der Waals surface area contributed by atoms with Crippen molar-refractivity contribution >= 4 is 24.0 Å². The lowest BCUT2D eigenvalue weighted by Gasteiger charge is -2.30. The maximum atomic E-state index is 14.0. The average molecular weight is 803 g/mol. The zero-order valence-electron chi connectivity index (χ0n) is 32.3. The van der Waals surface area contributed by atoms with E-state index in [1.54, 1.807) is 60.9 Å². The van der Waals surface area contributed by atoms with Crippen LogP contribution < -0.4 is 10.6 Å². The minimum Gasteiger partial charge on any atom is -0.465 e. The van der Waals surface area contributed by atoms with Crippen molar-refractivity contribution in [3.05, 3.63) is 144 Å². The number of hydrogen-bond donors (Lipinski definition) is 6. The highest BCUT2D eigenvalue weighted by molar-refractivity contribution is 5.89. The monoisotopic (exact) mass is 802 g/mol. The maximum Gasteiger partial charge on any atom is 0.405 e. The van der Waals surface area contributed by atoms with Crippen molar-refractivity contribution in [2.75, 3.05) is 0 Å². The van der Waals surface area contributed by atoms with E-state index in [0.29, 0.717) is 34.6 Å². The summed E-state index contributed by atoms with van der Waals surface area (Å²) in [7, 11) is 0. The van der Waals surface area contributed by atoms with E-state index in [1.807, 2.05) is 46.2 Å². The van der Waals surface area contributed by atoms with E-state index in [0.717, 1.165) is 59.3 Å². The van der Waals surface area contributed by atoms with Gasteiger partial charge in [0.2, 0.25) is 0 Å². The Bertz CT molecular complexity index is 2400. The number of piperidine rings is 2. The van der Waals surface area contributed by atoms with Crippen LogP contribution in [-0.4, -0.2) is 76.0 Å². The molecular weight excluding hydrogens is 761 g/mol. The van der Waals surface area contributed by atoms with Gasteiger partial charge in [0.05, 0.1) is 35.9 Å². The van der Waals surface area contributed by atoms with Gasteiger partial charge in [0, 0.05) is 12.1 Å². The number of imidazole rings is 2. The Morgan fingerprint density at radius 1 is 0.533 bits per heavy atom. The second-order valence-electron chi connectivity index (χ2n) is 16.2. The number of fused-ring (bicyclic) bond motifs is 2. The number of aromatic amines is 2. The van der Waals surface area contributed by atoms with E-state index < -0.39 is 24.3 Å². The lowest BCUT2D eigenvalue weighted by atomic mass is 10.0. The Hall–Kier alpha value is -7.22. The molecule has 2 unspecified atom stereocenters. The molecule has 14 nitrogen and oxygen atoms in total. The highest BCUT2D eigenvalue weighted by Gasteiger charge is 2.57. The Kier molecular flexibility index (Phi) is 9.18. The number of hydrogen-bond acceptors (Lipinski definition) is 6. The van der Waals surface area contributed by atoms with Crippen LogP contribution in [0.1, 0.15) is 72.6 Å². The number of H-pyrrole nitrogens is 2. The van der Waals surface area contributed by atoms with Crippen molar-refractivity contribution in [2.45, 2.75) is 61.9 Å². The number of likely N-dealkylation sites (tertiary alicyclic amines) is 2. The zero-order chi connectivity index (χ0) is 41.1. The van der Waals surface area contributed by atoms with E-state index in [9.17, 15) is 29.4 Å². The number of nitrogens with zero attached hydrogens (tertiary/aromatic N) is 4. The largest absolute Gasteiger partial charge is 0.465 e. The lowest BCUT2D eigenvalue weighted by molar-refractivity contribution is -0.136. The molecule has 60 heavy (non-hydrogen) atoms. The van der Waals surface area contributed by atoms with Gasteiger partial charge in [0.25, 0.3) is 11.8 Å². The number of aromatic nitrogens is 4. The third-order valence-corrected chi connectivity index (χ3v) is 12.6. The van der Waals surface area contributed by atoms with E-state index in [1.165, 1.54) is 0 Å². The molecule has 2 saturated carbocycles. The number of carbonyl (C=O) groups is 4. The van der Waals surface area contributed by atoms with Crippen LogP contribution in [-0.2, 0) is 9.59 Å². The molecule has 0 bridgehead atoms. The van der Waals surface area contributed by atoms with Crippen molar-refractivity contribution in [3.63, 3.8) is 0 Å². The molecular formula is C46H42N8O6. The molecule has 8 atom stereocenters. The number of rotatable bonds is 11. The van der Waals surface area contributed by atoms with Crippen LogP contribution >= 0.6 is 0 Å². The molecule has 4 aromatic carbocycles. The summed E-state index contributed by atoms with van der Waals surface area (Å²) < 4.78 is 0. The Morgan fingerprint density at radius 3 is 1.27 bits per heavy atom. The van der Waals surface area contributed by atoms with E-state index in [-0.39, 0.29) is 36.0 Å². The molecule has 302 valence electrons. The van der Waals surface area contributed by atoms with Gasteiger partial charge < -0.3 is 40.6 Å². The van der Waals surface area contributed by atoms with Crippen LogP contribution in [0.5, 0.6) is 0 Å². The van der Waals surface area contributed by atoms with Crippen molar-refractivity contribution in [1.29, 1.82) is 0 Å². The van der Waals surface area contributed by atoms with Crippen LogP contribution in [0.3, 0.4) is 0 Å². The SMILES string of the molecule is O=C(O)N[C@@H](C(=O)N1C2C[C@@H]2C[C@H]1c1ncc(-c2ccc(-c3ccc(-c4cnc([C@@H]5C[C@H]6CC6N5C(=O)[C@H](NC(=O)O)c5ccccc5)[nH]4)cc3)cc2)[nH]1)c1ccccc1. The molecule has 4 fully saturated rings. The summed E-state index contributed by atoms with van der Waals surface area (Å²) in [6.07, 6.45) is 4.42. The molecule has 2 saturated heterocycles. The molecule has 2 aliphatic heterocycles. The predicted molar refractivity (Wildman–Crippen MR) is 220 cm³/mol. The highest BCUT2D eigenvalue weighted by Crippen LogP contribution is 2.55. The zero-order valence-corrected chi connectivity index (χ0v) is 32.3. The topological polar surface area (TPSA) is 197 Å². The average Bonchev–Trinajstić information content (AvgIpc) is 3.85. The molecule has 0 spiro atoms. The fraction of sp³-hybridized carbons (Fsp3) is 0.261. The maximum absolute atomic E-state index is 14.0. The normalized spacial score (nSPS) is 23.3. The van der Waals surface area contributed by atoms with E-state index >= 15 is 0 Å². The number of benzene rings is 4. The lowest BCUT2D eigenvalue weighted by Crippen LogP contribution is -2.44. The predicted octanol–water partition coefficient (Wildman–Crippen LogP) is 7.48. The second kappa shape index (κ2) is 14.9. The van der Waals surface area contributed by atoms with E-state index in [2.05, 4.69) is 44.9 Å². The Morgan fingerprint density at radius 2 is 0.900 bits per heavy atom. The van der Waals surface area contributed by atoms with Gasteiger partial charge in [-0.1, -0.05) is 109 Å². The number of amides is 4. The molecule has 4 amide bonds. The summed E-state index contributed by atoms with van der Waals surface area (Å²) in [5, 5.41) is 24.0. The third-order valence-electron chi connectivity index (χ3n) is 12.6. The first-order chi connectivity index (χ1) is 29.2. The molecule has 0 radical (unpaired) electrons. The van der Waals surface area contributed by atoms with Gasteiger partial charge in [-0.05, 0) is 70.9 Å². The van der Waals surface area contributed by atoms with Gasteiger partial charge in [-0.25, -0.2) is 19.6 Å². The number of carbonyl (C=O) groups excluding carboxylic acids is 2.